The number of fused-ring (bicyclic) bond motifs is 1. The van der Waals surface area contributed by atoms with Crippen molar-refractivity contribution < 1.29 is 4.79 Å². The maximum atomic E-state index is 12.6. The third-order valence-corrected chi connectivity index (χ3v) is 8.02. The number of thiazole rings is 1. The summed E-state index contributed by atoms with van der Waals surface area (Å²) in [4.78, 5) is 23.0. The number of carbonyl (C=O) groups excluding carboxylic acids is 1. The van der Waals surface area contributed by atoms with Gasteiger partial charge in [0.05, 0.1) is 15.9 Å². The molecule has 1 aromatic carbocycles. The second-order valence-corrected chi connectivity index (χ2v) is 11.2. The summed E-state index contributed by atoms with van der Waals surface area (Å²) in [6.07, 6.45) is 1.32. The smallest absolute Gasteiger partial charge is 0.224 e. The molecule has 29 heavy (non-hydrogen) atoms. The van der Waals surface area contributed by atoms with Crippen LogP contribution in [0.3, 0.4) is 0 Å². The first-order valence-corrected chi connectivity index (χ1v) is 13.4. The Kier molecular flexibility index (Phi) is 8.71. The number of nitrogens with one attached hydrogen (secondary N) is 1. The van der Waals surface area contributed by atoms with Crippen molar-refractivity contribution in [2.75, 3.05) is 22.6 Å². The molecule has 0 aliphatic rings. The van der Waals surface area contributed by atoms with Gasteiger partial charge in [-0.25, -0.2) is 9.97 Å². The Labute approximate surface area is 189 Å². The Hall–Kier alpha value is -1.22. The number of aryl methyl sites for hydroxylation is 1. The highest BCUT2D eigenvalue weighted by atomic mass is 32.2. The van der Waals surface area contributed by atoms with Gasteiger partial charge in [-0.05, 0) is 43.0 Å². The molecule has 0 fully saturated rings. The third kappa shape index (κ3) is 6.38. The predicted octanol–water partition coefficient (Wildman–Crippen LogP) is 6.73. The van der Waals surface area contributed by atoms with E-state index in [0.29, 0.717) is 6.42 Å². The average Bonchev–Trinajstić information content (AvgIpc) is 3.11. The Morgan fingerprint density at radius 2 is 1.90 bits per heavy atom. The first-order chi connectivity index (χ1) is 14.1. The lowest BCUT2D eigenvalue weighted by atomic mass is 10.3. The summed E-state index contributed by atoms with van der Waals surface area (Å²) in [6, 6.07) is 10.2. The number of anilines is 1. The summed E-state index contributed by atoms with van der Waals surface area (Å²) in [6.45, 7) is 6.23. The van der Waals surface area contributed by atoms with Crippen LogP contribution in [0.25, 0.3) is 10.2 Å². The van der Waals surface area contributed by atoms with E-state index in [1.165, 1.54) is 4.70 Å². The van der Waals surface area contributed by atoms with E-state index in [4.69, 9.17) is 0 Å². The maximum Gasteiger partial charge on any atom is 0.224 e. The minimum Gasteiger partial charge on any atom is -0.323 e. The van der Waals surface area contributed by atoms with Crippen molar-refractivity contribution in [2.24, 2.45) is 0 Å². The predicted molar refractivity (Wildman–Crippen MR) is 130 cm³/mol. The summed E-state index contributed by atoms with van der Waals surface area (Å²) in [5.41, 5.74) is 2.91. The fourth-order valence-electron chi connectivity index (χ4n) is 2.75. The molecule has 0 aliphatic carbocycles. The minimum atomic E-state index is 0.0523. The first-order valence-electron chi connectivity index (χ1n) is 9.66. The molecule has 0 radical (unpaired) electrons. The van der Waals surface area contributed by atoms with Crippen LogP contribution in [0, 0.1) is 6.92 Å². The van der Waals surface area contributed by atoms with Crippen LogP contribution < -0.4 is 5.32 Å². The van der Waals surface area contributed by atoms with Gasteiger partial charge in [-0.15, -0.1) is 34.9 Å². The highest BCUT2D eigenvalue weighted by Gasteiger charge is 2.15. The number of nitrogens with zero attached hydrogens (tertiary/aromatic N) is 2. The van der Waals surface area contributed by atoms with Crippen LogP contribution >= 0.6 is 46.6 Å². The van der Waals surface area contributed by atoms with Gasteiger partial charge >= 0.3 is 0 Å². The molecule has 0 aliphatic heterocycles. The molecule has 3 aromatic rings. The van der Waals surface area contributed by atoms with Crippen molar-refractivity contribution >= 4 is 68.4 Å². The standard InChI is InChI=1S/C21H25N3OS4/c1-4-26-17-13-14(3)22-20(27-5-2)19(17)24-18(25)11-8-12-28-21-23-15-9-6-7-10-16(15)29-21/h6-7,9-10,13H,4-5,8,11-12H2,1-3H3,(H,24,25). The fraction of sp³-hybridized carbons (Fsp3) is 0.381. The summed E-state index contributed by atoms with van der Waals surface area (Å²) in [7, 11) is 0. The van der Waals surface area contributed by atoms with Crippen LogP contribution in [0.2, 0.25) is 0 Å². The molecular formula is C21H25N3OS4. The number of aromatic nitrogens is 2. The van der Waals surface area contributed by atoms with E-state index in [0.717, 1.165) is 54.8 Å². The zero-order valence-corrected chi connectivity index (χ0v) is 20.1. The zero-order chi connectivity index (χ0) is 20.6. The second kappa shape index (κ2) is 11.2. The van der Waals surface area contributed by atoms with Gasteiger partial charge in [-0.1, -0.05) is 37.7 Å². The Balaban J connectivity index is 1.56. The van der Waals surface area contributed by atoms with Crippen LogP contribution in [0.5, 0.6) is 0 Å². The van der Waals surface area contributed by atoms with Gasteiger partial charge < -0.3 is 5.32 Å². The number of pyridine rings is 1. The summed E-state index contributed by atoms with van der Waals surface area (Å²) < 4.78 is 2.28. The lowest BCUT2D eigenvalue weighted by molar-refractivity contribution is -0.116. The Bertz CT molecular complexity index is 913. The molecule has 0 spiro atoms. The van der Waals surface area contributed by atoms with Gasteiger partial charge in [0.25, 0.3) is 0 Å². The van der Waals surface area contributed by atoms with E-state index in [1.807, 2.05) is 25.1 Å². The van der Waals surface area contributed by atoms with E-state index in [1.54, 1.807) is 46.6 Å². The Morgan fingerprint density at radius 1 is 1.10 bits per heavy atom. The van der Waals surface area contributed by atoms with Gasteiger partial charge in [0.15, 0.2) is 4.34 Å². The highest BCUT2D eigenvalue weighted by Crippen LogP contribution is 2.36. The average molecular weight is 464 g/mol. The molecule has 0 saturated heterocycles. The number of amides is 1. The number of rotatable bonds is 10. The van der Waals surface area contributed by atoms with Crippen LogP contribution in [0.1, 0.15) is 32.4 Å². The number of hydrogen-bond donors (Lipinski definition) is 1. The minimum absolute atomic E-state index is 0.0523. The van der Waals surface area contributed by atoms with E-state index in [9.17, 15) is 4.79 Å². The van der Waals surface area contributed by atoms with E-state index >= 15 is 0 Å². The molecule has 1 amide bonds. The molecule has 2 heterocycles. The van der Waals surface area contributed by atoms with E-state index in [2.05, 4.69) is 41.3 Å². The molecule has 1 N–H and O–H groups in total. The van der Waals surface area contributed by atoms with Gasteiger partial charge in [0.2, 0.25) is 5.91 Å². The van der Waals surface area contributed by atoms with Crippen molar-refractivity contribution in [3.05, 3.63) is 36.0 Å². The third-order valence-electron chi connectivity index (χ3n) is 3.97. The van der Waals surface area contributed by atoms with Gasteiger partial charge in [-0.2, -0.15) is 0 Å². The van der Waals surface area contributed by atoms with Crippen LogP contribution in [0.15, 0.2) is 44.6 Å². The zero-order valence-electron chi connectivity index (χ0n) is 16.9. The highest BCUT2D eigenvalue weighted by molar-refractivity contribution is 8.01. The van der Waals surface area contributed by atoms with Gasteiger partial charge in [0, 0.05) is 22.8 Å². The molecule has 0 atom stereocenters. The fourth-order valence-corrected chi connectivity index (χ4v) is 6.54. The van der Waals surface area contributed by atoms with Crippen molar-refractivity contribution in [1.29, 1.82) is 0 Å². The second-order valence-electron chi connectivity index (χ2n) is 6.26. The van der Waals surface area contributed by atoms with Crippen molar-refractivity contribution in [2.45, 2.75) is 47.9 Å². The normalized spacial score (nSPS) is 11.1. The SMILES string of the molecule is CCSc1cc(C)nc(SCC)c1NC(=O)CCCSc1nc2ccccc2s1. The lowest BCUT2D eigenvalue weighted by Crippen LogP contribution is -2.14. The van der Waals surface area contributed by atoms with E-state index < -0.39 is 0 Å². The molecule has 3 rings (SSSR count). The molecular weight excluding hydrogens is 439 g/mol. The van der Waals surface area contributed by atoms with Crippen molar-refractivity contribution in [3.8, 4) is 0 Å². The van der Waals surface area contributed by atoms with Crippen LogP contribution in [0.4, 0.5) is 5.69 Å². The monoisotopic (exact) mass is 463 g/mol. The first kappa shape index (κ1) is 22.5. The Morgan fingerprint density at radius 3 is 2.66 bits per heavy atom. The number of carbonyl (C=O) groups is 1. The number of thioether (sulfide) groups is 3. The largest absolute Gasteiger partial charge is 0.323 e. The molecule has 0 bridgehead atoms. The molecule has 0 unspecified atom stereocenters. The van der Waals surface area contributed by atoms with Gasteiger partial charge in [-0.3, -0.25) is 4.79 Å². The van der Waals surface area contributed by atoms with Crippen molar-refractivity contribution in [1.82, 2.24) is 9.97 Å². The topological polar surface area (TPSA) is 54.9 Å². The lowest BCUT2D eigenvalue weighted by Gasteiger charge is -2.15. The molecule has 0 saturated carbocycles. The number of hydrogen-bond acceptors (Lipinski definition) is 7. The summed E-state index contributed by atoms with van der Waals surface area (Å²) >= 11 is 6.86. The quantitative estimate of drug-likeness (QED) is 0.266. The molecule has 2 aromatic heterocycles. The molecule has 4 nitrogen and oxygen atoms in total. The summed E-state index contributed by atoms with van der Waals surface area (Å²) in [5, 5.41) is 4.05. The number of benzene rings is 1. The summed E-state index contributed by atoms with van der Waals surface area (Å²) in [5.74, 6) is 2.82. The van der Waals surface area contributed by atoms with Crippen molar-refractivity contribution in [3.63, 3.8) is 0 Å². The van der Waals surface area contributed by atoms with E-state index in [-0.39, 0.29) is 5.91 Å². The van der Waals surface area contributed by atoms with Crippen LogP contribution in [-0.4, -0.2) is 33.1 Å². The van der Waals surface area contributed by atoms with Gasteiger partial charge in [0.1, 0.15) is 5.03 Å². The molecule has 8 heteroatoms. The number of para-hydroxylation sites is 1. The van der Waals surface area contributed by atoms with Crippen LogP contribution in [-0.2, 0) is 4.79 Å². The maximum absolute atomic E-state index is 12.6. The molecule has 154 valence electrons.